The summed E-state index contributed by atoms with van der Waals surface area (Å²) < 4.78 is 37.4. The van der Waals surface area contributed by atoms with Crippen LogP contribution >= 0.6 is 0 Å². The van der Waals surface area contributed by atoms with E-state index in [-0.39, 0.29) is 6.42 Å². The van der Waals surface area contributed by atoms with Gasteiger partial charge in [-0.2, -0.15) is 0 Å². The summed E-state index contributed by atoms with van der Waals surface area (Å²) in [7, 11) is -0.947. The van der Waals surface area contributed by atoms with E-state index in [1.54, 1.807) is 0 Å². The van der Waals surface area contributed by atoms with E-state index in [1.165, 1.54) is 0 Å². The van der Waals surface area contributed by atoms with Crippen LogP contribution in [-0.4, -0.2) is 20.9 Å². The van der Waals surface area contributed by atoms with Crippen molar-refractivity contribution < 1.29 is 13.2 Å². The molecule has 0 aliphatic rings. The van der Waals surface area contributed by atoms with Crippen LogP contribution in [0.1, 0.15) is 6.42 Å². The Labute approximate surface area is 73.1 Å². The highest BCUT2D eigenvalue weighted by Gasteiger charge is 2.36. The molecular formula is C8H15F3Si. The molecule has 0 saturated carbocycles. The first-order valence-corrected chi connectivity index (χ1v) is 7.15. The van der Waals surface area contributed by atoms with Gasteiger partial charge in [0.2, 0.25) is 0 Å². The molecule has 0 radical (unpaired) electrons. The van der Waals surface area contributed by atoms with Crippen LogP contribution < -0.4 is 0 Å². The fourth-order valence-electron chi connectivity index (χ4n) is 0.810. The first kappa shape index (κ1) is 11.7. The molecule has 0 heterocycles. The lowest BCUT2D eigenvalue weighted by Crippen LogP contribution is -2.30. The molecule has 4 heteroatoms. The van der Waals surface area contributed by atoms with Gasteiger partial charge >= 0.3 is 0 Å². The zero-order valence-electron chi connectivity index (χ0n) is 7.49. The number of hydrogen-bond acceptors (Lipinski definition) is 0. The van der Waals surface area contributed by atoms with Gasteiger partial charge in [-0.05, 0) is 12.5 Å². The predicted octanol–water partition coefficient (Wildman–Crippen LogP) is 3.02. The molecule has 0 saturated heterocycles. The molecule has 12 heavy (non-hydrogen) atoms. The first-order chi connectivity index (χ1) is 5.42. The van der Waals surface area contributed by atoms with Gasteiger partial charge in [-0.3, -0.25) is 0 Å². The molecule has 0 aromatic carbocycles. The van der Waals surface area contributed by atoms with Crippen molar-refractivity contribution in [3.8, 4) is 0 Å². The van der Waals surface area contributed by atoms with Crippen LogP contribution in [0.25, 0.3) is 0 Å². The van der Waals surface area contributed by atoms with E-state index < -0.39 is 20.9 Å². The van der Waals surface area contributed by atoms with Crippen LogP contribution in [-0.2, 0) is 0 Å². The molecular weight excluding hydrogens is 181 g/mol. The molecule has 1 atom stereocenters. The van der Waals surface area contributed by atoms with Crippen molar-refractivity contribution in [2.75, 3.05) is 0 Å². The third-order valence-electron chi connectivity index (χ3n) is 1.81. The monoisotopic (exact) mass is 196 g/mol. The highest BCUT2D eigenvalue weighted by Crippen LogP contribution is 2.28. The first-order valence-electron chi connectivity index (χ1n) is 4.03. The van der Waals surface area contributed by atoms with Crippen LogP contribution in [0.15, 0.2) is 12.7 Å². The highest BCUT2D eigenvalue weighted by atomic mass is 28.3. The highest BCUT2D eigenvalue weighted by molar-refractivity contribution is 6.55. The van der Waals surface area contributed by atoms with Gasteiger partial charge in [0.1, 0.15) is 0 Å². The molecule has 0 aromatic rings. The normalized spacial score (nSPS) is 16.6. The Morgan fingerprint density at radius 3 is 2.25 bits per heavy atom. The van der Waals surface area contributed by atoms with Gasteiger partial charge in [0.25, 0.3) is 6.43 Å². The SMILES string of the molecule is C=CC(F)(CC[SiH](C)C)C(F)F. The molecule has 0 nitrogen and oxygen atoms in total. The molecule has 1 unspecified atom stereocenters. The predicted molar refractivity (Wildman–Crippen MR) is 48.3 cm³/mol. The maximum Gasteiger partial charge on any atom is 0.275 e. The topological polar surface area (TPSA) is 0 Å². The Morgan fingerprint density at radius 1 is 1.50 bits per heavy atom. The molecule has 0 amide bonds. The zero-order valence-corrected chi connectivity index (χ0v) is 8.64. The fourth-order valence-corrected chi connectivity index (χ4v) is 1.83. The minimum Gasteiger partial charge on any atom is -0.233 e. The van der Waals surface area contributed by atoms with Gasteiger partial charge in [-0.15, -0.1) is 0 Å². The van der Waals surface area contributed by atoms with Gasteiger partial charge < -0.3 is 0 Å². The van der Waals surface area contributed by atoms with Crippen molar-refractivity contribution in [2.45, 2.75) is 37.7 Å². The standard InChI is InChI=1S/C8H15F3Si/c1-4-8(11,7(9)10)5-6-12(2)3/h4,7,12H,1,5-6H2,2-3H3. The molecule has 0 aliphatic heterocycles. The van der Waals surface area contributed by atoms with Gasteiger partial charge in [0, 0.05) is 8.80 Å². The van der Waals surface area contributed by atoms with Crippen LogP contribution in [0.3, 0.4) is 0 Å². The van der Waals surface area contributed by atoms with E-state index in [9.17, 15) is 13.2 Å². The Bertz CT molecular complexity index is 147. The minimum absolute atomic E-state index is 0.0853. The Balaban J connectivity index is 4.06. The molecule has 72 valence electrons. The maximum atomic E-state index is 13.2. The summed E-state index contributed by atoms with van der Waals surface area (Å²) in [6, 6.07) is 0.590. The second-order valence-corrected chi connectivity index (χ2v) is 6.73. The minimum atomic E-state index is -2.94. The van der Waals surface area contributed by atoms with E-state index in [1.807, 2.05) is 13.1 Å². The summed E-state index contributed by atoms with van der Waals surface area (Å²) in [6.45, 7) is 7.11. The summed E-state index contributed by atoms with van der Waals surface area (Å²) in [5.74, 6) is 0. The summed E-state index contributed by atoms with van der Waals surface area (Å²) in [4.78, 5) is 0. The average Bonchev–Trinajstić information content (AvgIpc) is 1.99. The number of alkyl halides is 3. The number of halogens is 3. The molecule has 0 bridgehead atoms. The summed E-state index contributed by atoms with van der Waals surface area (Å²) in [6.07, 6.45) is -2.30. The molecule has 0 aromatic heterocycles. The number of hydrogen-bond donors (Lipinski definition) is 0. The van der Waals surface area contributed by atoms with Crippen molar-refractivity contribution in [3.63, 3.8) is 0 Å². The van der Waals surface area contributed by atoms with E-state index >= 15 is 0 Å². The Kier molecular flexibility index (Phi) is 4.60. The maximum absolute atomic E-state index is 13.2. The average molecular weight is 196 g/mol. The second-order valence-electron chi connectivity index (χ2n) is 3.36. The van der Waals surface area contributed by atoms with Crippen molar-refractivity contribution in [2.24, 2.45) is 0 Å². The summed E-state index contributed by atoms with van der Waals surface area (Å²) in [5, 5.41) is 0. The Hall–Kier alpha value is -0.253. The van der Waals surface area contributed by atoms with Crippen molar-refractivity contribution in [3.05, 3.63) is 12.7 Å². The number of rotatable bonds is 5. The fraction of sp³-hybridized carbons (Fsp3) is 0.750. The van der Waals surface area contributed by atoms with Crippen LogP contribution in [0, 0.1) is 0 Å². The third kappa shape index (κ3) is 3.43. The van der Waals surface area contributed by atoms with Crippen LogP contribution in [0.5, 0.6) is 0 Å². The lowest BCUT2D eigenvalue weighted by molar-refractivity contribution is -0.00367. The van der Waals surface area contributed by atoms with Gasteiger partial charge in [-0.1, -0.05) is 25.7 Å². The van der Waals surface area contributed by atoms with Crippen LogP contribution in [0.4, 0.5) is 13.2 Å². The molecule has 0 rings (SSSR count). The largest absolute Gasteiger partial charge is 0.275 e. The smallest absolute Gasteiger partial charge is 0.233 e. The van der Waals surface area contributed by atoms with Crippen molar-refractivity contribution in [1.29, 1.82) is 0 Å². The summed E-state index contributed by atoms with van der Waals surface area (Å²) >= 11 is 0. The Morgan fingerprint density at radius 2 is 2.00 bits per heavy atom. The van der Waals surface area contributed by atoms with Crippen LogP contribution in [0.2, 0.25) is 19.1 Å². The lowest BCUT2D eigenvalue weighted by Gasteiger charge is -2.20. The quantitative estimate of drug-likeness (QED) is 0.468. The molecule has 0 N–H and O–H groups in total. The van der Waals surface area contributed by atoms with Gasteiger partial charge in [0.15, 0.2) is 5.67 Å². The van der Waals surface area contributed by atoms with Crippen molar-refractivity contribution in [1.82, 2.24) is 0 Å². The van der Waals surface area contributed by atoms with E-state index in [2.05, 4.69) is 6.58 Å². The van der Waals surface area contributed by atoms with E-state index in [0.717, 1.165) is 6.08 Å². The second kappa shape index (κ2) is 4.69. The molecule has 0 spiro atoms. The van der Waals surface area contributed by atoms with E-state index in [4.69, 9.17) is 0 Å². The summed E-state index contributed by atoms with van der Waals surface area (Å²) in [5.41, 5.74) is -2.46. The molecule has 0 aliphatic carbocycles. The van der Waals surface area contributed by atoms with E-state index in [0.29, 0.717) is 6.04 Å². The molecule has 0 fully saturated rings. The number of allylic oxidation sites excluding steroid dienone is 1. The zero-order chi connectivity index (χ0) is 9.78. The van der Waals surface area contributed by atoms with Gasteiger partial charge in [0.05, 0.1) is 0 Å². The lowest BCUT2D eigenvalue weighted by atomic mass is 10.0. The van der Waals surface area contributed by atoms with Gasteiger partial charge in [-0.25, -0.2) is 13.2 Å². The van der Waals surface area contributed by atoms with Crippen molar-refractivity contribution >= 4 is 8.80 Å². The third-order valence-corrected chi connectivity index (χ3v) is 3.25.